The summed E-state index contributed by atoms with van der Waals surface area (Å²) in [4.78, 5) is 2.40. The van der Waals surface area contributed by atoms with Crippen molar-refractivity contribution in [3.8, 4) is 0 Å². The highest BCUT2D eigenvalue weighted by Gasteiger charge is 2.29. The fourth-order valence-electron chi connectivity index (χ4n) is 3.75. The zero-order valence-electron chi connectivity index (χ0n) is 15.1. The van der Waals surface area contributed by atoms with Crippen LogP contribution in [-0.2, 0) is 10.0 Å². The molecule has 0 aromatic heterocycles. The Hall–Kier alpha value is -0.820. The lowest BCUT2D eigenvalue weighted by Gasteiger charge is -2.32. The Labute approximate surface area is 158 Å². The van der Waals surface area contributed by atoms with E-state index in [1.807, 2.05) is 18.2 Å². The van der Waals surface area contributed by atoms with E-state index in [1.54, 1.807) is 4.31 Å². The van der Waals surface area contributed by atoms with Crippen molar-refractivity contribution in [3.63, 3.8) is 0 Å². The van der Waals surface area contributed by atoms with E-state index in [1.165, 1.54) is 18.4 Å². The van der Waals surface area contributed by atoms with Gasteiger partial charge in [0.1, 0.15) is 0 Å². The van der Waals surface area contributed by atoms with Crippen LogP contribution in [0.4, 0.5) is 5.69 Å². The fourth-order valence-corrected chi connectivity index (χ4v) is 5.31. The standard InChI is InChI=1S/C18H29N3O2S.ClH/c1-15(20(2)14-16-7-9-19-10-8-16)17-5-3-6-18(13-17)21-11-4-12-24(21,22)23;/h3,5-6,13,15-16,19H,4,7-12,14H2,1-2H3;1H. The Morgan fingerprint density at radius 2 is 2.04 bits per heavy atom. The van der Waals surface area contributed by atoms with E-state index >= 15 is 0 Å². The van der Waals surface area contributed by atoms with Crippen LogP contribution in [0.5, 0.6) is 0 Å². The van der Waals surface area contributed by atoms with Crippen molar-refractivity contribution >= 4 is 28.1 Å². The van der Waals surface area contributed by atoms with Gasteiger partial charge in [-0.15, -0.1) is 12.4 Å². The largest absolute Gasteiger partial charge is 0.317 e. The molecule has 2 aliphatic rings. The molecule has 25 heavy (non-hydrogen) atoms. The number of rotatable bonds is 5. The predicted molar refractivity (Wildman–Crippen MR) is 106 cm³/mol. The van der Waals surface area contributed by atoms with Crippen molar-refractivity contribution in [1.29, 1.82) is 0 Å². The first-order valence-electron chi connectivity index (χ1n) is 8.99. The third-order valence-electron chi connectivity index (χ3n) is 5.41. The third kappa shape index (κ3) is 4.88. The molecule has 1 aromatic rings. The normalized spacial score (nSPS) is 22.0. The van der Waals surface area contributed by atoms with Gasteiger partial charge in [-0.05, 0) is 69.9 Å². The van der Waals surface area contributed by atoms with Gasteiger partial charge in [0.25, 0.3) is 0 Å². The SMILES string of the molecule is CC(c1cccc(N2CCCS2(=O)=O)c1)N(C)CC1CCNCC1.Cl. The summed E-state index contributed by atoms with van der Waals surface area (Å²) < 4.78 is 25.9. The lowest BCUT2D eigenvalue weighted by atomic mass is 9.96. The van der Waals surface area contributed by atoms with Crippen LogP contribution in [0.15, 0.2) is 24.3 Å². The molecule has 0 radical (unpaired) electrons. The number of hydrogen-bond donors (Lipinski definition) is 1. The van der Waals surface area contributed by atoms with Crippen LogP contribution in [0.3, 0.4) is 0 Å². The molecule has 2 heterocycles. The highest BCUT2D eigenvalue weighted by Crippen LogP contribution is 2.29. The molecule has 0 aliphatic carbocycles. The van der Waals surface area contributed by atoms with Crippen LogP contribution in [0.25, 0.3) is 0 Å². The minimum absolute atomic E-state index is 0. The van der Waals surface area contributed by atoms with E-state index in [4.69, 9.17) is 0 Å². The molecule has 0 spiro atoms. The van der Waals surface area contributed by atoms with Crippen molar-refractivity contribution < 1.29 is 8.42 Å². The Kier molecular flexibility index (Phi) is 7.14. The molecule has 2 saturated heterocycles. The van der Waals surface area contributed by atoms with E-state index in [9.17, 15) is 8.42 Å². The number of sulfonamides is 1. The molecule has 7 heteroatoms. The summed E-state index contributed by atoms with van der Waals surface area (Å²) in [7, 11) is -0.940. The number of benzene rings is 1. The summed E-state index contributed by atoms with van der Waals surface area (Å²) >= 11 is 0. The van der Waals surface area contributed by atoms with Gasteiger partial charge in [-0.3, -0.25) is 9.21 Å². The summed E-state index contributed by atoms with van der Waals surface area (Å²) in [5, 5.41) is 3.41. The van der Waals surface area contributed by atoms with E-state index in [0.29, 0.717) is 6.54 Å². The van der Waals surface area contributed by atoms with Crippen LogP contribution in [0.2, 0.25) is 0 Å². The Balaban J connectivity index is 0.00000225. The van der Waals surface area contributed by atoms with Gasteiger partial charge in [0.05, 0.1) is 11.4 Å². The van der Waals surface area contributed by atoms with Crippen molar-refractivity contribution in [2.75, 3.05) is 43.3 Å². The molecule has 0 bridgehead atoms. The molecule has 0 saturated carbocycles. The Morgan fingerprint density at radius 3 is 2.68 bits per heavy atom. The van der Waals surface area contributed by atoms with Crippen LogP contribution in [0, 0.1) is 5.92 Å². The third-order valence-corrected chi connectivity index (χ3v) is 7.28. The van der Waals surface area contributed by atoms with Gasteiger partial charge in [-0.25, -0.2) is 8.42 Å². The van der Waals surface area contributed by atoms with Crippen molar-refractivity contribution in [3.05, 3.63) is 29.8 Å². The summed E-state index contributed by atoms with van der Waals surface area (Å²) in [6.45, 7) is 6.14. The van der Waals surface area contributed by atoms with E-state index < -0.39 is 10.0 Å². The zero-order valence-corrected chi connectivity index (χ0v) is 16.8. The molecule has 3 rings (SSSR count). The maximum absolute atomic E-state index is 12.1. The van der Waals surface area contributed by atoms with Crippen LogP contribution < -0.4 is 9.62 Å². The number of hydrogen-bond acceptors (Lipinski definition) is 4. The van der Waals surface area contributed by atoms with Gasteiger partial charge < -0.3 is 5.32 Å². The second-order valence-corrected chi connectivity index (χ2v) is 9.16. The molecule has 5 nitrogen and oxygen atoms in total. The van der Waals surface area contributed by atoms with E-state index in [-0.39, 0.29) is 24.2 Å². The van der Waals surface area contributed by atoms with Crippen molar-refractivity contribution in [1.82, 2.24) is 10.2 Å². The van der Waals surface area contributed by atoms with Crippen LogP contribution >= 0.6 is 12.4 Å². The van der Waals surface area contributed by atoms with Crippen molar-refractivity contribution in [2.24, 2.45) is 5.92 Å². The number of anilines is 1. The second-order valence-electron chi connectivity index (χ2n) is 7.15. The molecule has 1 N–H and O–H groups in total. The maximum atomic E-state index is 12.1. The lowest BCUT2D eigenvalue weighted by Crippen LogP contribution is -2.35. The van der Waals surface area contributed by atoms with Gasteiger partial charge >= 0.3 is 0 Å². The second kappa shape index (κ2) is 8.71. The highest BCUT2D eigenvalue weighted by atomic mass is 35.5. The van der Waals surface area contributed by atoms with Gasteiger partial charge in [-0.1, -0.05) is 12.1 Å². The van der Waals surface area contributed by atoms with E-state index in [0.717, 1.165) is 37.7 Å². The first-order chi connectivity index (χ1) is 11.5. The highest BCUT2D eigenvalue weighted by molar-refractivity contribution is 7.93. The quantitative estimate of drug-likeness (QED) is 0.843. The summed E-state index contributed by atoms with van der Waals surface area (Å²) in [6.07, 6.45) is 3.20. The number of nitrogens with zero attached hydrogens (tertiary/aromatic N) is 2. The van der Waals surface area contributed by atoms with E-state index in [2.05, 4.69) is 30.3 Å². The molecule has 1 unspecified atom stereocenters. The first-order valence-corrected chi connectivity index (χ1v) is 10.6. The Morgan fingerprint density at radius 1 is 1.32 bits per heavy atom. The average molecular weight is 388 g/mol. The zero-order chi connectivity index (χ0) is 17.2. The molecule has 2 aliphatic heterocycles. The maximum Gasteiger partial charge on any atom is 0.235 e. The fraction of sp³-hybridized carbons (Fsp3) is 0.667. The van der Waals surface area contributed by atoms with Crippen LogP contribution in [-0.4, -0.2) is 52.3 Å². The van der Waals surface area contributed by atoms with Gasteiger partial charge in [0.15, 0.2) is 0 Å². The minimum atomic E-state index is -3.11. The minimum Gasteiger partial charge on any atom is -0.317 e. The Bertz CT molecular complexity index is 662. The smallest absolute Gasteiger partial charge is 0.235 e. The molecule has 2 fully saturated rings. The average Bonchev–Trinajstić information content (AvgIpc) is 2.94. The molecule has 0 amide bonds. The van der Waals surface area contributed by atoms with Crippen LogP contribution in [0.1, 0.15) is 37.8 Å². The monoisotopic (exact) mass is 387 g/mol. The summed E-state index contributed by atoms with van der Waals surface area (Å²) in [6, 6.07) is 8.33. The summed E-state index contributed by atoms with van der Waals surface area (Å²) in [5.74, 6) is 1.02. The van der Waals surface area contributed by atoms with Gasteiger partial charge in [0, 0.05) is 19.1 Å². The molecular weight excluding hydrogens is 358 g/mol. The predicted octanol–water partition coefficient (Wildman–Crippen LogP) is 2.64. The lowest BCUT2D eigenvalue weighted by molar-refractivity contribution is 0.197. The number of halogens is 1. The number of nitrogens with one attached hydrogen (secondary N) is 1. The molecule has 1 atom stereocenters. The molecule has 1 aromatic carbocycles. The molecular formula is C18H30ClN3O2S. The van der Waals surface area contributed by atoms with Gasteiger partial charge in [-0.2, -0.15) is 0 Å². The molecule has 142 valence electrons. The summed E-state index contributed by atoms with van der Waals surface area (Å²) in [5.41, 5.74) is 2.00. The number of piperidine rings is 1. The van der Waals surface area contributed by atoms with Gasteiger partial charge in [0.2, 0.25) is 10.0 Å². The topological polar surface area (TPSA) is 52.7 Å². The van der Waals surface area contributed by atoms with Crippen molar-refractivity contribution in [2.45, 2.75) is 32.2 Å². The first kappa shape index (κ1) is 20.5.